The second-order valence-electron chi connectivity index (χ2n) is 3.83. The SMILES string of the molecule is Cl.Nc1[nH]c2ccccc2c1-c1ccccc1. The summed E-state index contributed by atoms with van der Waals surface area (Å²) in [5, 5.41) is 1.17. The first kappa shape index (κ1) is 11.6. The van der Waals surface area contributed by atoms with Crippen LogP contribution in [0.15, 0.2) is 54.6 Å². The molecule has 3 rings (SSSR count). The zero-order valence-electron chi connectivity index (χ0n) is 9.18. The lowest BCUT2D eigenvalue weighted by atomic mass is 10.0. The predicted molar refractivity (Wildman–Crippen MR) is 75.4 cm³/mol. The van der Waals surface area contributed by atoms with Gasteiger partial charge in [-0.25, -0.2) is 0 Å². The zero-order valence-corrected chi connectivity index (χ0v) is 10.00. The molecule has 3 aromatic rings. The van der Waals surface area contributed by atoms with E-state index in [0.717, 1.165) is 22.5 Å². The quantitative estimate of drug-likeness (QED) is 0.671. The first-order chi connectivity index (χ1) is 7.86. The third-order valence-electron chi connectivity index (χ3n) is 2.80. The van der Waals surface area contributed by atoms with E-state index in [1.807, 2.05) is 36.4 Å². The van der Waals surface area contributed by atoms with Crippen LogP contribution in [0.4, 0.5) is 5.82 Å². The van der Waals surface area contributed by atoms with Gasteiger partial charge in [0.1, 0.15) is 5.82 Å². The molecule has 0 saturated heterocycles. The fraction of sp³-hybridized carbons (Fsp3) is 0. The molecule has 0 saturated carbocycles. The van der Waals surface area contributed by atoms with Crippen molar-refractivity contribution in [1.29, 1.82) is 0 Å². The molecule has 0 radical (unpaired) electrons. The van der Waals surface area contributed by atoms with E-state index in [1.165, 1.54) is 5.39 Å². The number of halogens is 1. The van der Waals surface area contributed by atoms with Crippen molar-refractivity contribution in [3.05, 3.63) is 54.6 Å². The number of aromatic nitrogens is 1. The molecule has 17 heavy (non-hydrogen) atoms. The zero-order chi connectivity index (χ0) is 11.0. The molecule has 2 nitrogen and oxygen atoms in total. The maximum absolute atomic E-state index is 6.03. The van der Waals surface area contributed by atoms with Gasteiger partial charge in [-0.1, -0.05) is 48.5 Å². The average molecular weight is 245 g/mol. The molecular formula is C14H13ClN2. The van der Waals surface area contributed by atoms with Crippen molar-refractivity contribution in [2.45, 2.75) is 0 Å². The van der Waals surface area contributed by atoms with Crippen molar-refractivity contribution in [3.63, 3.8) is 0 Å². The summed E-state index contributed by atoms with van der Waals surface area (Å²) in [5.41, 5.74) is 9.36. The maximum atomic E-state index is 6.03. The summed E-state index contributed by atoms with van der Waals surface area (Å²) in [7, 11) is 0. The lowest BCUT2D eigenvalue weighted by Crippen LogP contribution is -1.86. The molecule has 0 amide bonds. The summed E-state index contributed by atoms with van der Waals surface area (Å²) in [4.78, 5) is 3.20. The number of nitrogen functional groups attached to an aromatic ring is 1. The van der Waals surface area contributed by atoms with Gasteiger partial charge >= 0.3 is 0 Å². The van der Waals surface area contributed by atoms with Crippen molar-refractivity contribution in [1.82, 2.24) is 4.98 Å². The highest BCUT2D eigenvalue weighted by molar-refractivity contribution is 6.01. The van der Waals surface area contributed by atoms with Gasteiger partial charge < -0.3 is 10.7 Å². The van der Waals surface area contributed by atoms with Crippen molar-refractivity contribution >= 4 is 29.1 Å². The molecule has 0 aliphatic carbocycles. The van der Waals surface area contributed by atoms with Crippen molar-refractivity contribution < 1.29 is 0 Å². The number of benzene rings is 2. The van der Waals surface area contributed by atoms with E-state index in [2.05, 4.69) is 23.2 Å². The molecule has 3 heteroatoms. The molecule has 0 aliphatic heterocycles. The van der Waals surface area contributed by atoms with E-state index in [9.17, 15) is 0 Å². The number of nitrogens with one attached hydrogen (secondary N) is 1. The Morgan fingerprint density at radius 1 is 0.824 bits per heavy atom. The van der Waals surface area contributed by atoms with E-state index in [1.54, 1.807) is 0 Å². The lowest BCUT2D eigenvalue weighted by molar-refractivity contribution is 1.47. The van der Waals surface area contributed by atoms with Crippen LogP contribution >= 0.6 is 12.4 Å². The van der Waals surface area contributed by atoms with Crippen LogP contribution in [0.25, 0.3) is 22.0 Å². The molecule has 3 N–H and O–H groups in total. The Morgan fingerprint density at radius 3 is 2.24 bits per heavy atom. The maximum Gasteiger partial charge on any atom is 0.109 e. The Morgan fingerprint density at radius 2 is 1.47 bits per heavy atom. The Hall–Kier alpha value is -1.93. The third kappa shape index (κ3) is 1.87. The van der Waals surface area contributed by atoms with E-state index >= 15 is 0 Å². The number of para-hydroxylation sites is 1. The largest absolute Gasteiger partial charge is 0.385 e. The van der Waals surface area contributed by atoms with Crippen LogP contribution in [0.2, 0.25) is 0 Å². The number of aromatic amines is 1. The van der Waals surface area contributed by atoms with Crippen LogP contribution in [0.5, 0.6) is 0 Å². The number of nitrogens with two attached hydrogens (primary N) is 1. The molecule has 0 unspecified atom stereocenters. The highest BCUT2D eigenvalue weighted by atomic mass is 35.5. The van der Waals surface area contributed by atoms with Gasteiger partial charge in [0.2, 0.25) is 0 Å². The van der Waals surface area contributed by atoms with Crippen LogP contribution < -0.4 is 5.73 Å². The van der Waals surface area contributed by atoms with Crippen LogP contribution in [-0.2, 0) is 0 Å². The van der Waals surface area contributed by atoms with Crippen LogP contribution in [0.1, 0.15) is 0 Å². The number of H-pyrrole nitrogens is 1. The molecule has 0 bridgehead atoms. The molecule has 1 heterocycles. The normalized spacial score (nSPS) is 10.1. The minimum absolute atomic E-state index is 0. The summed E-state index contributed by atoms with van der Waals surface area (Å²) in [6, 6.07) is 18.4. The van der Waals surface area contributed by atoms with Gasteiger partial charge in [0.15, 0.2) is 0 Å². The topological polar surface area (TPSA) is 41.8 Å². The van der Waals surface area contributed by atoms with Crippen molar-refractivity contribution in [2.24, 2.45) is 0 Å². The van der Waals surface area contributed by atoms with E-state index < -0.39 is 0 Å². The van der Waals surface area contributed by atoms with Gasteiger partial charge in [-0.05, 0) is 11.6 Å². The molecular weight excluding hydrogens is 232 g/mol. The van der Waals surface area contributed by atoms with E-state index in [4.69, 9.17) is 5.73 Å². The van der Waals surface area contributed by atoms with Gasteiger partial charge in [-0.15, -0.1) is 12.4 Å². The monoisotopic (exact) mass is 244 g/mol. The predicted octanol–water partition coefficient (Wildman–Crippen LogP) is 3.84. The number of hydrogen-bond acceptors (Lipinski definition) is 1. The highest BCUT2D eigenvalue weighted by Crippen LogP contribution is 2.33. The van der Waals surface area contributed by atoms with E-state index in [-0.39, 0.29) is 12.4 Å². The smallest absolute Gasteiger partial charge is 0.109 e. The van der Waals surface area contributed by atoms with Crippen molar-refractivity contribution in [3.8, 4) is 11.1 Å². The van der Waals surface area contributed by atoms with Crippen LogP contribution in [0.3, 0.4) is 0 Å². The van der Waals surface area contributed by atoms with E-state index in [0.29, 0.717) is 0 Å². The van der Waals surface area contributed by atoms with Gasteiger partial charge in [-0.2, -0.15) is 0 Å². The minimum Gasteiger partial charge on any atom is -0.385 e. The second-order valence-corrected chi connectivity index (χ2v) is 3.83. The molecule has 0 spiro atoms. The van der Waals surface area contributed by atoms with Crippen LogP contribution in [-0.4, -0.2) is 4.98 Å². The number of hydrogen-bond donors (Lipinski definition) is 2. The number of fused-ring (bicyclic) bond motifs is 1. The van der Waals surface area contributed by atoms with Crippen LogP contribution in [0, 0.1) is 0 Å². The summed E-state index contributed by atoms with van der Waals surface area (Å²) in [6.07, 6.45) is 0. The first-order valence-corrected chi connectivity index (χ1v) is 5.28. The Balaban J connectivity index is 0.00000108. The Kier molecular flexibility index (Phi) is 3.07. The van der Waals surface area contributed by atoms with Gasteiger partial charge in [0, 0.05) is 16.5 Å². The highest BCUT2D eigenvalue weighted by Gasteiger charge is 2.09. The molecule has 0 aliphatic rings. The minimum atomic E-state index is 0. The Labute approximate surface area is 106 Å². The lowest BCUT2D eigenvalue weighted by Gasteiger charge is -2.00. The van der Waals surface area contributed by atoms with Gasteiger partial charge in [-0.3, -0.25) is 0 Å². The van der Waals surface area contributed by atoms with Crippen molar-refractivity contribution in [2.75, 3.05) is 5.73 Å². The summed E-state index contributed by atoms with van der Waals surface area (Å²) < 4.78 is 0. The number of rotatable bonds is 1. The fourth-order valence-electron chi connectivity index (χ4n) is 2.08. The summed E-state index contributed by atoms with van der Waals surface area (Å²) >= 11 is 0. The summed E-state index contributed by atoms with van der Waals surface area (Å²) in [5.74, 6) is 0.729. The van der Waals surface area contributed by atoms with Gasteiger partial charge in [0.25, 0.3) is 0 Å². The molecule has 1 aromatic heterocycles. The van der Waals surface area contributed by atoms with Gasteiger partial charge in [0.05, 0.1) is 0 Å². The molecule has 0 atom stereocenters. The second kappa shape index (κ2) is 4.52. The average Bonchev–Trinajstić information content (AvgIpc) is 2.66. The molecule has 2 aromatic carbocycles. The number of anilines is 1. The molecule has 0 fully saturated rings. The Bertz CT molecular complexity index is 629. The fourth-order valence-corrected chi connectivity index (χ4v) is 2.08. The first-order valence-electron chi connectivity index (χ1n) is 5.28. The standard InChI is InChI=1S/C14H12N2.ClH/c15-14-13(10-6-2-1-3-7-10)11-8-4-5-9-12(11)16-14;/h1-9,16H,15H2;1H. The molecule has 86 valence electrons. The summed E-state index contributed by atoms with van der Waals surface area (Å²) in [6.45, 7) is 0. The third-order valence-corrected chi connectivity index (χ3v) is 2.80.